The average molecular weight is 323 g/mol. The summed E-state index contributed by atoms with van der Waals surface area (Å²) in [6.45, 7) is 7.33. The number of ketones is 1. The first-order valence-corrected chi connectivity index (χ1v) is 10.0. The Morgan fingerprint density at radius 3 is 2.79 bits per heavy atom. The molecule has 5 aliphatic carbocycles. The second kappa shape index (κ2) is 4.54. The van der Waals surface area contributed by atoms with Crippen LogP contribution in [0.2, 0.25) is 0 Å². The minimum Gasteiger partial charge on any atom is -0.295 e. The van der Waals surface area contributed by atoms with Crippen molar-refractivity contribution < 1.29 is 4.79 Å². The number of carbonyl (C=O) groups excluding carboxylic acids is 1. The lowest BCUT2D eigenvalue weighted by atomic mass is 9.44. The van der Waals surface area contributed by atoms with Crippen molar-refractivity contribution in [2.45, 2.75) is 59.3 Å². The maximum Gasteiger partial charge on any atom is 0.155 e. The van der Waals surface area contributed by atoms with E-state index in [1.54, 1.807) is 0 Å². The molecule has 5 rings (SSSR count). The van der Waals surface area contributed by atoms with Gasteiger partial charge in [-0.1, -0.05) is 26.3 Å². The Hall–Kier alpha value is -1.10. The first-order chi connectivity index (χ1) is 11.4. The largest absolute Gasteiger partial charge is 0.295 e. The smallest absolute Gasteiger partial charge is 0.155 e. The molecule has 0 aromatic rings. The van der Waals surface area contributed by atoms with Gasteiger partial charge in [-0.05, 0) is 84.5 Å². The number of carbonyl (C=O) groups is 1. The van der Waals surface area contributed by atoms with Gasteiger partial charge in [-0.15, -0.1) is 0 Å². The minimum atomic E-state index is 0.252. The lowest BCUT2D eigenvalue weighted by molar-refractivity contribution is -0.119. The normalized spacial score (nSPS) is 57.8. The maximum atomic E-state index is 12.0. The van der Waals surface area contributed by atoms with Crippen molar-refractivity contribution in [3.8, 4) is 6.07 Å². The molecule has 5 aliphatic rings. The number of hydrogen-bond acceptors (Lipinski definition) is 2. The standard InChI is InChI=1S/C22H29NO/c1-12-8-13-9-14(24)4-6-21(13,2)17-5-7-22(3)18(11-23)15-10-16(15)20(22)19(12)17/h9,12,15-20H,4-8,10H2,1-3H3/t12-,15-,16+,17+,18+,19-,20+,21+,22-/m1/s1. The average Bonchev–Trinajstić information content (AvgIpc) is 3.25. The van der Waals surface area contributed by atoms with Crippen LogP contribution in [0.4, 0.5) is 0 Å². The van der Waals surface area contributed by atoms with E-state index < -0.39 is 0 Å². The highest BCUT2D eigenvalue weighted by molar-refractivity contribution is 5.91. The molecule has 0 aromatic carbocycles. The van der Waals surface area contributed by atoms with Crippen molar-refractivity contribution in [3.05, 3.63) is 11.6 Å². The summed E-state index contributed by atoms with van der Waals surface area (Å²) in [5.41, 5.74) is 1.97. The van der Waals surface area contributed by atoms with Crippen molar-refractivity contribution >= 4 is 5.78 Å². The van der Waals surface area contributed by atoms with Crippen molar-refractivity contribution in [1.82, 2.24) is 0 Å². The number of rotatable bonds is 0. The quantitative estimate of drug-likeness (QED) is 0.645. The molecular weight excluding hydrogens is 294 g/mol. The topological polar surface area (TPSA) is 40.9 Å². The van der Waals surface area contributed by atoms with Crippen LogP contribution >= 0.6 is 0 Å². The molecule has 0 aliphatic heterocycles. The molecule has 4 fully saturated rings. The molecular formula is C22H29NO. The molecule has 0 radical (unpaired) electrons. The van der Waals surface area contributed by atoms with Gasteiger partial charge in [0.15, 0.2) is 5.78 Å². The highest BCUT2D eigenvalue weighted by Crippen LogP contribution is 2.76. The zero-order chi connectivity index (χ0) is 16.9. The van der Waals surface area contributed by atoms with E-state index in [1.165, 1.54) is 24.8 Å². The molecule has 0 amide bonds. The Bertz CT molecular complexity index is 687. The SMILES string of the molecule is C[C@@H]1CC2=CC(=O)CC[C@]2(C)[C@H]2CC[C@@]3(C)[C@@H]([C@H]4C[C@H]4[C@@H]3C#N)[C@H]12. The number of allylic oxidation sites excluding steroid dienone is 1. The minimum absolute atomic E-state index is 0.252. The van der Waals surface area contributed by atoms with Crippen LogP contribution in [-0.4, -0.2) is 5.78 Å². The van der Waals surface area contributed by atoms with Crippen molar-refractivity contribution in [2.75, 3.05) is 0 Å². The van der Waals surface area contributed by atoms with E-state index in [1.807, 2.05) is 6.08 Å². The molecule has 0 bridgehead atoms. The summed E-state index contributed by atoms with van der Waals surface area (Å²) in [6.07, 6.45) is 8.74. The van der Waals surface area contributed by atoms with Crippen LogP contribution in [0.15, 0.2) is 11.6 Å². The van der Waals surface area contributed by atoms with E-state index in [2.05, 4.69) is 26.8 Å². The van der Waals surface area contributed by atoms with Crippen LogP contribution in [0.25, 0.3) is 0 Å². The van der Waals surface area contributed by atoms with Crippen molar-refractivity contribution in [2.24, 2.45) is 52.3 Å². The summed E-state index contributed by atoms with van der Waals surface area (Å²) in [7, 11) is 0. The highest BCUT2D eigenvalue weighted by atomic mass is 16.1. The Balaban J connectivity index is 1.57. The lowest BCUT2D eigenvalue weighted by Gasteiger charge is -2.60. The maximum absolute atomic E-state index is 12.0. The molecule has 0 saturated heterocycles. The van der Waals surface area contributed by atoms with Crippen LogP contribution in [0.3, 0.4) is 0 Å². The van der Waals surface area contributed by atoms with Gasteiger partial charge in [0.05, 0.1) is 12.0 Å². The van der Waals surface area contributed by atoms with Crippen LogP contribution in [0.1, 0.15) is 59.3 Å². The number of fused-ring (bicyclic) bond motifs is 7. The van der Waals surface area contributed by atoms with Crippen molar-refractivity contribution in [3.63, 3.8) is 0 Å². The predicted octanol–water partition coefficient (Wildman–Crippen LogP) is 4.76. The van der Waals surface area contributed by atoms with Gasteiger partial charge in [0.1, 0.15) is 0 Å². The fourth-order valence-electron chi connectivity index (χ4n) is 8.08. The third kappa shape index (κ3) is 1.65. The molecule has 0 spiro atoms. The van der Waals surface area contributed by atoms with E-state index in [0.717, 1.165) is 42.9 Å². The van der Waals surface area contributed by atoms with Gasteiger partial charge in [-0.2, -0.15) is 5.26 Å². The second-order valence-electron chi connectivity index (χ2n) is 10.2. The molecule has 0 aromatic heterocycles. The summed E-state index contributed by atoms with van der Waals surface area (Å²) in [5, 5.41) is 9.80. The molecule has 24 heavy (non-hydrogen) atoms. The fraction of sp³-hybridized carbons (Fsp3) is 0.818. The van der Waals surface area contributed by atoms with Crippen LogP contribution in [-0.2, 0) is 4.79 Å². The van der Waals surface area contributed by atoms with Gasteiger partial charge in [0.25, 0.3) is 0 Å². The molecule has 0 N–H and O–H groups in total. The Morgan fingerprint density at radius 2 is 2.04 bits per heavy atom. The Morgan fingerprint density at radius 1 is 1.25 bits per heavy atom. The van der Waals surface area contributed by atoms with Gasteiger partial charge in [-0.3, -0.25) is 4.79 Å². The van der Waals surface area contributed by atoms with Crippen LogP contribution in [0.5, 0.6) is 0 Å². The van der Waals surface area contributed by atoms with E-state index in [4.69, 9.17) is 0 Å². The molecule has 2 nitrogen and oxygen atoms in total. The van der Waals surface area contributed by atoms with E-state index in [0.29, 0.717) is 23.5 Å². The van der Waals surface area contributed by atoms with Gasteiger partial charge < -0.3 is 0 Å². The molecule has 0 heterocycles. The number of hydrogen-bond donors (Lipinski definition) is 0. The Labute approximate surface area is 145 Å². The summed E-state index contributed by atoms with van der Waals surface area (Å²) in [4.78, 5) is 12.0. The first-order valence-electron chi connectivity index (χ1n) is 10.0. The summed E-state index contributed by atoms with van der Waals surface area (Å²) < 4.78 is 0. The van der Waals surface area contributed by atoms with Crippen molar-refractivity contribution in [1.29, 1.82) is 5.26 Å². The Kier molecular flexibility index (Phi) is 2.87. The lowest BCUT2D eigenvalue weighted by Crippen LogP contribution is -2.54. The molecule has 9 atom stereocenters. The van der Waals surface area contributed by atoms with Gasteiger partial charge in [0, 0.05) is 6.42 Å². The zero-order valence-corrected chi connectivity index (χ0v) is 15.2. The summed E-state index contributed by atoms with van der Waals surface area (Å²) >= 11 is 0. The number of nitriles is 1. The third-order valence-corrected chi connectivity index (χ3v) is 9.24. The van der Waals surface area contributed by atoms with Crippen LogP contribution in [0, 0.1) is 63.6 Å². The summed E-state index contributed by atoms with van der Waals surface area (Å²) in [5.74, 6) is 5.12. The monoisotopic (exact) mass is 323 g/mol. The predicted molar refractivity (Wildman–Crippen MR) is 92.7 cm³/mol. The van der Waals surface area contributed by atoms with Crippen LogP contribution < -0.4 is 0 Å². The molecule has 128 valence electrons. The van der Waals surface area contributed by atoms with E-state index in [-0.39, 0.29) is 10.8 Å². The molecule has 4 saturated carbocycles. The molecule has 2 heteroatoms. The number of nitrogens with zero attached hydrogens (tertiary/aromatic N) is 1. The van der Waals surface area contributed by atoms with E-state index >= 15 is 0 Å². The third-order valence-electron chi connectivity index (χ3n) is 9.24. The fourth-order valence-corrected chi connectivity index (χ4v) is 8.08. The summed E-state index contributed by atoms with van der Waals surface area (Å²) in [6, 6.07) is 2.72. The molecule has 0 unspecified atom stereocenters. The van der Waals surface area contributed by atoms with Gasteiger partial charge in [-0.25, -0.2) is 0 Å². The van der Waals surface area contributed by atoms with Gasteiger partial charge >= 0.3 is 0 Å². The zero-order valence-electron chi connectivity index (χ0n) is 15.2. The van der Waals surface area contributed by atoms with E-state index in [9.17, 15) is 10.1 Å². The van der Waals surface area contributed by atoms with Gasteiger partial charge in [0.2, 0.25) is 0 Å². The highest BCUT2D eigenvalue weighted by Gasteiger charge is 2.71. The second-order valence-corrected chi connectivity index (χ2v) is 10.2. The first kappa shape index (κ1) is 15.2.